The zero-order valence-electron chi connectivity index (χ0n) is 10.6. The first-order valence-corrected chi connectivity index (χ1v) is 6.45. The monoisotopic (exact) mass is 317 g/mol. The van der Waals surface area contributed by atoms with E-state index in [0.717, 1.165) is 15.8 Å². The number of hydrogen-bond donors (Lipinski definition) is 0. The van der Waals surface area contributed by atoms with Gasteiger partial charge in [-0.25, -0.2) is 0 Å². The number of hydrogen-bond acceptors (Lipinski definition) is 3. The smallest absolute Gasteiger partial charge is 0.141 e. The van der Waals surface area contributed by atoms with E-state index in [1.54, 1.807) is 19.2 Å². The third kappa shape index (κ3) is 3.07. The number of methoxy groups -OCH3 is 1. The lowest BCUT2D eigenvalue weighted by atomic mass is 10.1. The summed E-state index contributed by atoms with van der Waals surface area (Å²) < 4.78 is 11.7. The van der Waals surface area contributed by atoms with Crippen LogP contribution in [0.4, 0.5) is 0 Å². The van der Waals surface area contributed by atoms with Crippen LogP contribution in [0, 0.1) is 18.3 Å². The summed E-state index contributed by atoms with van der Waals surface area (Å²) >= 11 is 3.43. The molecule has 0 spiro atoms. The van der Waals surface area contributed by atoms with E-state index in [-0.39, 0.29) is 0 Å². The topological polar surface area (TPSA) is 42.2 Å². The molecule has 96 valence electrons. The number of rotatable bonds is 3. The van der Waals surface area contributed by atoms with Crippen LogP contribution in [0.15, 0.2) is 40.9 Å². The number of halogens is 1. The molecule has 0 saturated carbocycles. The molecule has 0 fully saturated rings. The van der Waals surface area contributed by atoms with E-state index >= 15 is 0 Å². The molecular formula is C15H12BrNO2. The lowest BCUT2D eigenvalue weighted by molar-refractivity contribution is 0.412. The van der Waals surface area contributed by atoms with Gasteiger partial charge in [0, 0.05) is 0 Å². The van der Waals surface area contributed by atoms with Crippen molar-refractivity contribution in [3.63, 3.8) is 0 Å². The molecule has 0 aromatic heterocycles. The van der Waals surface area contributed by atoms with Crippen molar-refractivity contribution in [2.75, 3.05) is 7.11 Å². The molecule has 0 heterocycles. The molecule has 4 heteroatoms. The van der Waals surface area contributed by atoms with Crippen molar-refractivity contribution in [1.82, 2.24) is 0 Å². The van der Waals surface area contributed by atoms with Gasteiger partial charge in [-0.05, 0) is 64.8 Å². The molecule has 0 aliphatic rings. The van der Waals surface area contributed by atoms with E-state index in [1.807, 2.05) is 31.2 Å². The summed E-state index contributed by atoms with van der Waals surface area (Å²) in [5.74, 6) is 2.16. The Morgan fingerprint density at radius 1 is 1.11 bits per heavy atom. The molecule has 0 aliphatic heterocycles. The maximum Gasteiger partial charge on any atom is 0.141 e. The Kier molecular flexibility index (Phi) is 4.08. The predicted octanol–water partition coefficient (Wildman–Crippen LogP) is 4.43. The Balaban J connectivity index is 2.26. The van der Waals surface area contributed by atoms with Crippen LogP contribution in [-0.4, -0.2) is 7.11 Å². The van der Waals surface area contributed by atoms with E-state index in [0.29, 0.717) is 17.1 Å². The predicted molar refractivity (Wildman–Crippen MR) is 76.7 cm³/mol. The minimum Gasteiger partial charge on any atom is -0.497 e. The van der Waals surface area contributed by atoms with Crippen LogP contribution in [0.3, 0.4) is 0 Å². The minimum absolute atomic E-state index is 0.654. The molecule has 2 aromatic carbocycles. The number of nitrogens with zero attached hydrogens (tertiary/aromatic N) is 1. The zero-order chi connectivity index (χ0) is 13.8. The molecule has 0 unspecified atom stereocenters. The van der Waals surface area contributed by atoms with Crippen molar-refractivity contribution in [2.45, 2.75) is 6.92 Å². The fourth-order valence-electron chi connectivity index (χ4n) is 1.64. The van der Waals surface area contributed by atoms with E-state index in [4.69, 9.17) is 14.7 Å². The zero-order valence-corrected chi connectivity index (χ0v) is 12.2. The fraction of sp³-hybridized carbons (Fsp3) is 0.133. The summed E-state index contributed by atoms with van der Waals surface area (Å²) in [5.41, 5.74) is 1.55. The van der Waals surface area contributed by atoms with Gasteiger partial charge in [-0.2, -0.15) is 5.26 Å². The highest BCUT2D eigenvalue weighted by Gasteiger charge is 2.06. The van der Waals surface area contributed by atoms with Crippen LogP contribution in [0.2, 0.25) is 0 Å². The maximum absolute atomic E-state index is 8.89. The van der Waals surface area contributed by atoms with Gasteiger partial charge in [0.2, 0.25) is 0 Å². The van der Waals surface area contributed by atoms with Gasteiger partial charge in [0.15, 0.2) is 0 Å². The lowest BCUT2D eigenvalue weighted by Crippen LogP contribution is -1.89. The molecule has 0 saturated heterocycles. The Bertz CT molecular complexity index is 647. The van der Waals surface area contributed by atoms with Gasteiger partial charge in [-0.3, -0.25) is 0 Å². The van der Waals surface area contributed by atoms with Crippen molar-refractivity contribution in [3.8, 4) is 23.3 Å². The average molecular weight is 318 g/mol. The third-order valence-electron chi connectivity index (χ3n) is 2.69. The third-order valence-corrected chi connectivity index (χ3v) is 3.30. The second-order valence-corrected chi connectivity index (χ2v) is 4.84. The average Bonchev–Trinajstić information content (AvgIpc) is 2.41. The normalized spacial score (nSPS) is 9.79. The van der Waals surface area contributed by atoms with Gasteiger partial charge in [0.1, 0.15) is 17.2 Å². The summed E-state index contributed by atoms with van der Waals surface area (Å²) in [6.07, 6.45) is 0. The number of ether oxygens (including phenoxy) is 2. The van der Waals surface area contributed by atoms with Gasteiger partial charge < -0.3 is 9.47 Å². The Hall–Kier alpha value is -1.99. The van der Waals surface area contributed by atoms with E-state index in [1.165, 1.54) is 0 Å². The molecule has 0 bridgehead atoms. The van der Waals surface area contributed by atoms with Crippen LogP contribution in [0.25, 0.3) is 0 Å². The molecule has 0 radical (unpaired) electrons. The Morgan fingerprint density at radius 3 is 2.42 bits per heavy atom. The Morgan fingerprint density at radius 2 is 1.84 bits per heavy atom. The highest BCUT2D eigenvalue weighted by atomic mass is 79.9. The molecule has 19 heavy (non-hydrogen) atoms. The van der Waals surface area contributed by atoms with Crippen LogP contribution in [0.1, 0.15) is 11.1 Å². The maximum atomic E-state index is 8.89. The summed E-state index contributed by atoms with van der Waals surface area (Å²) in [7, 11) is 1.62. The van der Waals surface area contributed by atoms with Crippen molar-refractivity contribution < 1.29 is 9.47 Å². The standard InChI is InChI=1S/C15H12BrNO2/c1-10-7-13(4-3-11(10)9-17)19-15-6-5-12(18-2)8-14(15)16/h3-8H,1-2H3. The van der Waals surface area contributed by atoms with Gasteiger partial charge >= 0.3 is 0 Å². The SMILES string of the molecule is COc1ccc(Oc2ccc(C#N)c(C)c2)c(Br)c1. The van der Waals surface area contributed by atoms with Gasteiger partial charge in [0.25, 0.3) is 0 Å². The van der Waals surface area contributed by atoms with Crippen LogP contribution < -0.4 is 9.47 Å². The fourth-order valence-corrected chi connectivity index (χ4v) is 2.08. The second kappa shape index (κ2) is 5.77. The molecular weight excluding hydrogens is 306 g/mol. The van der Waals surface area contributed by atoms with Gasteiger partial charge in [-0.1, -0.05) is 0 Å². The molecule has 2 rings (SSSR count). The van der Waals surface area contributed by atoms with Gasteiger partial charge in [-0.15, -0.1) is 0 Å². The molecule has 0 aliphatic carbocycles. The highest BCUT2D eigenvalue weighted by Crippen LogP contribution is 2.33. The van der Waals surface area contributed by atoms with Crippen molar-refractivity contribution in [1.29, 1.82) is 5.26 Å². The quantitative estimate of drug-likeness (QED) is 0.841. The van der Waals surface area contributed by atoms with Crippen LogP contribution in [0.5, 0.6) is 17.2 Å². The summed E-state index contributed by atoms with van der Waals surface area (Å²) in [6.45, 7) is 1.88. The molecule has 2 aromatic rings. The highest BCUT2D eigenvalue weighted by molar-refractivity contribution is 9.10. The molecule has 0 N–H and O–H groups in total. The number of benzene rings is 2. The summed E-state index contributed by atoms with van der Waals surface area (Å²) in [6, 6.07) is 13.0. The summed E-state index contributed by atoms with van der Waals surface area (Å²) in [4.78, 5) is 0. The minimum atomic E-state index is 0.654. The first kappa shape index (κ1) is 13.4. The van der Waals surface area contributed by atoms with E-state index in [9.17, 15) is 0 Å². The van der Waals surface area contributed by atoms with Gasteiger partial charge in [0.05, 0.1) is 23.2 Å². The van der Waals surface area contributed by atoms with Crippen molar-refractivity contribution >= 4 is 15.9 Å². The van der Waals surface area contributed by atoms with Crippen molar-refractivity contribution in [2.24, 2.45) is 0 Å². The number of nitriles is 1. The molecule has 3 nitrogen and oxygen atoms in total. The first-order valence-electron chi connectivity index (χ1n) is 5.66. The second-order valence-electron chi connectivity index (χ2n) is 3.99. The number of aryl methyl sites for hydroxylation is 1. The lowest BCUT2D eigenvalue weighted by Gasteiger charge is -2.10. The van der Waals surface area contributed by atoms with E-state index in [2.05, 4.69) is 22.0 Å². The van der Waals surface area contributed by atoms with Crippen LogP contribution in [-0.2, 0) is 0 Å². The van der Waals surface area contributed by atoms with Crippen LogP contribution >= 0.6 is 15.9 Å². The first-order chi connectivity index (χ1) is 9.13. The molecule has 0 atom stereocenters. The van der Waals surface area contributed by atoms with E-state index < -0.39 is 0 Å². The van der Waals surface area contributed by atoms with Crippen molar-refractivity contribution in [3.05, 3.63) is 52.0 Å². The summed E-state index contributed by atoms with van der Waals surface area (Å²) in [5, 5.41) is 8.89. The Labute approximate surface area is 120 Å². The molecule has 0 amide bonds. The largest absolute Gasteiger partial charge is 0.497 e.